The molecule has 0 bridgehead atoms. The molecule has 1 fully saturated rings. The molecule has 1 amide bonds. The standard InChI is InChI=1S/C30H31NO8/c1-17(32)38-27-24(28(33)31-2)25(18-9-7-6-8-10-18)30(19-11-13-20(35-3)14-12-19)29(27,34)26-22(37-5)15-21(36-4)16-23(26)39-30/h6-16,24-25,27,34H,1-5H3,(H,31,33)/t24-,25-,27-,29+,30+/m1/s1. The Morgan fingerprint density at radius 1 is 0.923 bits per heavy atom. The fourth-order valence-electron chi connectivity index (χ4n) is 6.27. The first-order chi connectivity index (χ1) is 18.8. The Morgan fingerprint density at radius 2 is 1.59 bits per heavy atom. The number of benzene rings is 3. The third kappa shape index (κ3) is 3.71. The zero-order valence-electron chi connectivity index (χ0n) is 22.4. The van der Waals surface area contributed by atoms with E-state index in [4.69, 9.17) is 23.7 Å². The highest BCUT2D eigenvalue weighted by molar-refractivity contribution is 5.83. The Bertz CT molecular complexity index is 1390. The van der Waals surface area contributed by atoms with Crippen LogP contribution in [-0.2, 0) is 25.5 Å². The number of carbonyl (C=O) groups excluding carboxylic acids is 2. The minimum atomic E-state index is -2.06. The van der Waals surface area contributed by atoms with Gasteiger partial charge in [-0.3, -0.25) is 9.59 Å². The smallest absolute Gasteiger partial charge is 0.303 e. The molecule has 1 aliphatic carbocycles. The van der Waals surface area contributed by atoms with Gasteiger partial charge in [-0.05, 0) is 23.3 Å². The lowest BCUT2D eigenvalue weighted by atomic mass is 9.70. The second-order valence-corrected chi connectivity index (χ2v) is 9.59. The van der Waals surface area contributed by atoms with E-state index in [2.05, 4.69) is 5.32 Å². The molecule has 0 saturated heterocycles. The Morgan fingerprint density at radius 3 is 2.15 bits per heavy atom. The van der Waals surface area contributed by atoms with Crippen LogP contribution in [0.4, 0.5) is 0 Å². The normalized spacial score (nSPS) is 26.6. The number of amides is 1. The number of aliphatic hydroxyl groups is 1. The summed E-state index contributed by atoms with van der Waals surface area (Å²) in [6, 6.07) is 19.7. The Balaban J connectivity index is 1.92. The predicted octanol–water partition coefficient (Wildman–Crippen LogP) is 3.28. The van der Waals surface area contributed by atoms with E-state index < -0.39 is 41.0 Å². The molecule has 0 unspecified atom stereocenters. The maximum atomic E-state index is 13.7. The number of nitrogens with one attached hydrogen (secondary N) is 1. The number of hydrogen-bond acceptors (Lipinski definition) is 8. The third-order valence-electron chi connectivity index (χ3n) is 7.77. The molecular weight excluding hydrogens is 502 g/mol. The highest BCUT2D eigenvalue weighted by Crippen LogP contribution is 2.70. The SMILES string of the molecule is CNC(=O)[C@H]1[C@@H](OC(C)=O)[C@@]2(O)c3c(OC)cc(OC)cc3O[C@@]2(c2ccc(OC)cc2)[C@@H]1c1ccccc1. The average molecular weight is 534 g/mol. The number of rotatable bonds is 7. The van der Waals surface area contributed by atoms with Gasteiger partial charge in [0.1, 0.15) is 23.0 Å². The van der Waals surface area contributed by atoms with Crippen LogP contribution in [-0.4, -0.2) is 51.5 Å². The molecule has 0 aromatic heterocycles. The van der Waals surface area contributed by atoms with Crippen LogP contribution in [0.1, 0.15) is 29.5 Å². The van der Waals surface area contributed by atoms with E-state index in [1.54, 1.807) is 43.5 Å². The number of hydrogen-bond donors (Lipinski definition) is 2. The molecule has 3 aromatic rings. The first kappa shape index (κ1) is 26.4. The lowest BCUT2D eigenvalue weighted by molar-refractivity contribution is -0.183. The highest BCUT2D eigenvalue weighted by Gasteiger charge is 2.79. The quantitative estimate of drug-likeness (QED) is 0.445. The largest absolute Gasteiger partial charge is 0.497 e. The molecule has 0 radical (unpaired) electrons. The number of esters is 1. The summed E-state index contributed by atoms with van der Waals surface area (Å²) in [5.41, 5.74) is -2.15. The van der Waals surface area contributed by atoms with Gasteiger partial charge in [-0.25, -0.2) is 0 Å². The van der Waals surface area contributed by atoms with Crippen LogP contribution in [0.5, 0.6) is 23.0 Å². The molecule has 2 N–H and O–H groups in total. The van der Waals surface area contributed by atoms with E-state index in [9.17, 15) is 14.7 Å². The Labute approximate surface area is 226 Å². The number of fused-ring (bicyclic) bond motifs is 3. The zero-order chi connectivity index (χ0) is 27.9. The molecule has 5 atom stereocenters. The fourth-order valence-corrected chi connectivity index (χ4v) is 6.27. The van der Waals surface area contributed by atoms with Crippen LogP contribution in [0.3, 0.4) is 0 Å². The molecule has 1 aliphatic heterocycles. The molecule has 1 saturated carbocycles. The summed E-state index contributed by atoms with van der Waals surface area (Å²) < 4.78 is 29.3. The topological polar surface area (TPSA) is 113 Å². The van der Waals surface area contributed by atoms with Gasteiger partial charge in [0, 0.05) is 32.0 Å². The Hall–Kier alpha value is -4.24. The van der Waals surface area contributed by atoms with Crippen LogP contribution in [0.15, 0.2) is 66.7 Å². The van der Waals surface area contributed by atoms with Crippen molar-refractivity contribution in [2.75, 3.05) is 28.4 Å². The summed E-state index contributed by atoms with van der Waals surface area (Å²) in [5, 5.41) is 15.8. The van der Waals surface area contributed by atoms with Crippen molar-refractivity contribution >= 4 is 11.9 Å². The van der Waals surface area contributed by atoms with Gasteiger partial charge in [0.15, 0.2) is 17.3 Å². The third-order valence-corrected chi connectivity index (χ3v) is 7.77. The summed E-state index contributed by atoms with van der Waals surface area (Å²) in [7, 11) is 6.05. The maximum absolute atomic E-state index is 13.7. The number of methoxy groups -OCH3 is 3. The monoisotopic (exact) mass is 533 g/mol. The van der Waals surface area contributed by atoms with Crippen LogP contribution in [0.25, 0.3) is 0 Å². The molecule has 5 rings (SSSR count). The number of carbonyl (C=O) groups is 2. The molecule has 204 valence electrons. The van der Waals surface area contributed by atoms with Crippen molar-refractivity contribution in [1.82, 2.24) is 5.32 Å². The van der Waals surface area contributed by atoms with E-state index in [-0.39, 0.29) is 17.1 Å². The van der Waals surface area contributed by atoms with Crippen LogP contribution < -0.4 is 24.3 Å². The van der Waals surface area contributed by atoms with Crippen molar-refractivity contribution in [1.29, 1.82) is 0 Å². The van der Waals surface area contributed by atoms with Gasteiger partial charge < -0.3 is 34.1 Å². The van der Waals surface area contributed by atoms with E-state index in [1.807, 2.05) is 30.3 Å². The van der Waals surface area contributed by atoms with E-state index in [0.717, 1.165) is 0 Å². The van der Waals surface area contributed by atoms with Crippen molar-refractivity contribution in [2.45, 2.75) is 30.1 Å². The number of ether oxygens (including phenoxy) is 5. The minimum absolute atomic E-state index is 0.264. The average Bonchev–Trinajstić information content (AvgIpc) is 3.34. The van der Waals surface area contributed by atoms with E-state index in [1.165, 1.54) is 28.2 Å². The lowest BCUT2D eigenvalue weighted by Gasteiger charge is -2.41. The molecule has 2 aliphatic rings. The van der Waals surface area contributed by atoms with Crippen LogP contribution >= 0.6 is 0 Å². The molecule has 0 spiro atoms. The lowest BCUT2D eigenvalue weighted by Crippen LogP contribution is -2.53. The van der Waals surface area contributed by atoms with Crippen molar-refractivity contribution in [3.63, 3.8) is 0 Å². The molecule has 39 heavy (non-hydrogen) atoms. The van der Waals surface area contributed by atoms with Crippen LogP contribution in [0.2, 0.25) is 0 Å². The highest BCUT2D eigenvalue weighted by atomic mass is 16.6. The fraction of sp³-hybridized carbons (Fsp3) is 0.333. The van der Waals surface area contributed by atoms with E-state index >= 15 is 0 Å². The summed E-state index contributed by atoms with van der Waals surface area (Å²) in [6.45, 7) is 1.25. The van der Waals surface area contributed by atoms with Gasteiger partial charge in [-0.1, -0.05) is 42.5 Å². The predicted molar refractivity (Wildman–Crippen MR) is 141 cm³/mol. The van der Waals surface area contributed by atoms with E-state index in [0.29, 0.717) is 22.6 Å². The summed E-state index contributed by atoms with van der Waals surface area (Å²) in [5.74, 6) is -1.30. The van der Waals surface area contributed by atoms with Gasteiger partial charge in [0.25, 0.3) is 0 Å². The second-order valence-electron chi connectivity index (χ2n) is 9.59. The maximum Gasteiger partial charge on any atom is 0.303 e. The van der Waals surface area contributed by atoms with Crippen molar-refractivity contribution in [2.24, 2.45) is 5.92 Å². The minimum Gasteiger partial charge on any atom is -0.497 e. The van der Waals surface area contributed by atoms with Crippen molar-refractivity contribution in [3.8, 4) is 23.0 Å². The Kier molecular flexibility index (Phi) is 6.64. The molecular formula is C30H31NO8. The van der Waals surface area contributed by atoms with Gasteiger partial charge in [0.05, 0.1) is 32.8 Å². The second kappa shape index (κ2) is 9.81. The molecule has 9 nitrogen and oxygen atoms in total. The summed E-state index contributed by atoms with van der Waals surface area (Å²) in [6.07, 6.45) is -1.34. The van der Waals surface area contributed by atoms with Gasteiger partial charge in [-0.2, -0.15) is 0 Å². The molecule has 3 aromatic carbocycles. The first-order valence-corrected chi connectivity index (χ1v) is 12.5. The first-order valence-electron chi connectivity index (χ1n) is 12.5. The zero-order valence-corrected chi connectivity index (χ0v) is 22.4. The molecule has 1 heterocycles. The van der Waals surface area contributed by atoms with Gasteiger partial charge in [0.2, 0.25) is 5.91 Å². The molecule has 9 heteroatoms. The van der Waals surface area contributed by atoms with Crippen molar-refractivity contribution < 1.29 is 38.4 Å². The van der Waals surface area contributed by atoms with Crippen molar-refractivity contribution in [3.05, 3.63) is 83.4 Å². The summed E-state index contributed by atoms with van der Waals surface area (Å²) in [4.78, 5) is 26.2. The van der Waals surface area contributed by atoms with Gasteiger partial charge in [-0.15, -0.1) is 0 Å². The van der Waals surface area contributed by atoms with Gasteiger partial charge >= 0.3 is 5.97 Å². The van der Waals surface area contributed by atoms with Crippen LogP contribution in [0, 0.1) is 5.92 Å². The summed E-state index contributed by atoms with van der Waals surface area (Å²) >= 11 is 0.